The van der Waals surface area contributed by atoms with Crippen LogP contribution in [0.5, 0.6) is 5.75 Å². The maximum atomic E-state index is 13.2. The van der Waals surface area contributed by atoms with Gasteiger partial charge in [-0.3, -0.25) is 0 Å². The van der Waals surface area contributed by atoms with Gasteiger partial charge in [-0.15, -0.1) is 0 Å². The highest BCUT2D eigenvalue weighted by Gasteiger charge is 2.07. The summed E-state index contributed by atoms with van der Waals surface area (Å²) >= 11 is 0. The van der Waals surface area contributed by atoms with Gasteiger partial charge < -0.3 is 15.3 Å². The largest absolute Gasteiger partial charge is 0.508 e. The molecule has 3 nitrogen and oxygen atoms in total. The van der Waals surface area contributed by atoms with Gasteiger partial charge in [0.2, 0.25) is 0 Å². The minimum absolute atomic E-state index is 0.0809. The molecular formula is C12H17FO3. The second kappa shape index (κ2) is 5.82. The topological polar surface area (TPSA) is 60.7 Å². The molecule has 4 heteroatoms. The van der Waals surface area contributed by atoms with Crippen LogP contribution in [0.3, 0.4) is 0 Å². The van der Waals surface area contributed by atoms with Crippen LogP contribution >= 0.6 is 0 Å². The molecule has 0 bridgehead atoms. The van der Waals surface area contributed by atoms with Gasteiger partial charge in [-0.2, -0.15) is 0 Å². The first kappa shape index (κ1) is 12.9. The van der Waals surface area contributed by atoms with E-state index in [9.17, 15) is 9.50 Å². The van der Waals surface area contributed by atoms with E-state index in [0.29, 0.717) is 30.4 Å². The molecule has 90 valence electrons. The van der Waals surface area contributed by atoms with E-state index in [2.05, 4.69) is 0 Å². The van der Waals surface area contributed by atoms with E-state index >= 15 is 0 Å². The summed E-state index contributed by atoms with van der Waals surface area (Å²) in [4.78, 5) is 0. The fourth-order valence-electron chi connectivity index (χ4n) is 1.53. The number of aryl methyl sites for hydroxylation is 2. The van der Waals surface area contributed by atoms with Crippen LogP contribution in [0.15, 0.2) is 12.1 Å². The Bertz CT molecular complexity index is 352. The van der Waals surface area contributed by atoms with E-state index in [1.54, 1.807) is 6.92 Å². The van der Waals surface area contributed by atoms with Crippen molar-refractivity contribution in [2.24, 2.45) is 0 Å². The molecule has 1 atom stereocenters. The molecule has 0 amide bonds. The van der Waals surface area contributed by atoms with Gasteiger partial charge in [0, 0.05) is 0 Å². The highest BCUT2D eigenvalue weighted by atomic mass is 19.1. The monoisotopic (exact) mass is 228 g/mol. The van der Waals surface area contributed by atoms with Crippen molar-refractivity contribution >= 4 is 0 Å². The molecule has 3 N–H and O–H groups in total. The molecule has 0 saturated carbocycles. The van der Waals surface area contributed by atoms with Crippen LogP contribution in [0.4, 0.5) is 4.39 Å². The van der Waals surface area contributed by atoms with Gasteiger partial charge in [0.25, 0.3) is 0 Å². The van der Waals surface area contributed by atoms with Crippen LogP contribution < -0.4 is 0 Å². The summed E-state index contributed by atoms with van der Waals surface area (Å²) in [5.74, 6) is -0.257. The lowest BCUT2D eigenvalue weighted by atomic mass is 10.0. The molecule has 1 aromatic carbocycles. The third kappa shape index (κ3) is 3.47. The number of aromatic hydroxyl groups is 1. The number of hydrogen-bond donors (Lipinski definition) is 3. The Kier molecular flexibility index (Phi) is 4.71. The molecule has 0 aromatic heterocycles. The Hall–Kier alpha value is -1.13. The lowest BCUT2D eigenvalue weighted by Gasteiger charge is -2.09. The molecule has 1 aromatic rings. The van der Waals surface area contributed by atoms with Crippen molar-refractivity contribution in [2.75, 3.05) is 6.61 Å². The van der Waals surface area contributed by atoms with Crippen molar-refractivity contribution in [3.8, 4) is 5.75 Å². The van der Waals surface area contributed by atoms with Gasteiger partial charge in [-0.1, -0.05) is 0 Å². The number of benzene rings is 1. The van der Waals surface area contributed by atoms with Crippen molar-refractivity contribution in [1.29, 1.82) is 0 Å². The zero-order chi connectivity index (χ0) is 12.1. The van der Waals surface area contributed by atoms with Crippen LogP contribution in [0, 0.1) is 12.7 Å². The van der Waals surface area contributed by atoms with Gasteiger partial charge in [-0.25, -0.2) is 4.39 Å². The van der Waals surface area contributed by atoms with E-state index in [1.807, 2.05) is 0 Å². The maximum absolute atomic E-state index is 13.2. The average molecular weight is 228 g/mol. The van der Waals surface area contributed by atoms with Crippen LogP contribution in [-0.4, -0.2) is 28.0 Å². The van der Waals surface area contributed by atoms with Gasteiger partial charge in [0.05, 0.1) is 12.7 Å². The molecule has 0 fully saturated rings. The minimum atomic E-state index is -0.738. The summed E-state index contributed by atoms with van der Waals surface area (Å²) in [6, 6.07) is 2.71. The van der Waals surface area contributed by atoms with Crippen molar-refractivity contribution in [3.63, 3.8) is 0 Å². The SMILES string of the molecule is Cc1cc(O)c(CCC[C@@H](O)CO)cc1F. The molecule has 0 unspecified atom stereocenters. The van der Waals surface area contributed by atoms with Crippen LogP contribution in [0.2, 0.25) is 0 Å². The molecule has 0 aliphatic heterocycles. The first-order chi connectivity index (χ1) is 7.54. The normalized spacial score (nSPS) is 12.8. The van der Waals surface area contributed by atoms with E-state index in [4.69, 9.17) is 10.2 Å². The Morgan fingerprint density at radius 2 is 2.06 bits per heavy atom. The number of rotatable bonds is 5. The van der Waals surface area contributed by atoms with Gasteiger partial charge in [0.15, 0.2) is 0 Å². The van der Waals surface area contributed by atoms with Crippen LogP contribution in [0.1, 0.15) is 24.0 Å². The zero-order valence-corrected chi connectivity index (χ0v) is 9.28. The van der Waals surface area contributed by atoms with E-state index in [1.165, 1.54) is 12.1 Å². The quantitative estimate of drug-likeness (QED) is 0.716. The molecule has 0 aliphatic rings. The highest BCUT2D eigenvalue weighted by molar-refractivity contribution is 5.36. The predicted molar refractivity (Wildman–Crippen MR) is 58.8 cm³/mol. The molecule has 0 radical (unpaired) electrons. The molecule has 1 rings (SSSR count). The first-order valence-corrected chi connectivity index (χ1v) is 5.31. The third-order valence-electron chi connectivity index (χ3n) is 2.55. The van der Waals surface area contributed by atoms with Crippen molar-refractivity contribution in [2.45, 2.75) is 32.3 Å². The summed E-state index contributed by atoms with van der Waals surface area (Å²) < 4.78 is 13.2. The fourth-order valence-corrected chi connectivity index (χ4v) is 1.53. The Labute approximate surface area is 94.2 Å². The van der Waals surface area contributed by atoms with Gasteiger partial charge in [0.1, 0.15) is 11.6 Å². The number of phenolic OH excluding ortho intramolecular Hbond substituents is 1. The lowest BCUT2D eigenvalue weighted by Crippen LogP contribution is -2.11. The number of hydrogen-bond acceptors (Lipinski definition) is 3. The van der Waals surface area contributed by atoms with Gasteiger partial charge in [-0.05, 0) is 49.4 Å². The summed E-state index contributed by atoms with van der Waals surface area (Å²) in [7, 11) is 0. The lowest BCUT2D eigenvalue weighted by molar-refractivity contribution is 0.0867. The second-order valence-electron chi connectivity index (χ2n) is 3.96. The molecule has 0 heterocycles. The van der Waals surface area contributed by atoms with E-state index in [-0.39, 0.29) is 18.2 Å². The number of phenols is 1. The fraction of sp³-hybridized carbons (Fsp3) is 0.500. The predicted octanol–water partition coefficient (Wildman–Crippen LogP) is 1.52. The average Bonchev–Trinajstić information content (AvgIpc) is 2.25. The van der Waals surface area contributed by atoms with Crippen molar-refractivity contribution in [1.82, 2.24) is 0 Å². The summed E-state index contributed by atoms with van der Waals surface area (Å²) in [5.41, 5.74) is 0.949. The number of aliphatic hydroxyl groups excluding tert-OH is 2. The zero-order valence-electron chi connectivity index (χ0n) is 9.28. The molecular weight excluding hydrogens is 211 g/mol. The van der Waals surface area contributed by atoms with Gasteiger partial charge >= 0.3 is 0 Å². The van der Waals surface area contributed by atoms with Crippen LogP contribution in [-0.2, 0) is 6.42 Å². The summed E-state index contributed by atoms with van der Waals surface area (Å²) in [6.07, 6.45) is 0.779. The van der Waals surface area contributed by atoms with E-state index in [0.717, 1.165) is 0 Å². The summed E-state index contributed by atoms with van der Waals surface area (Å²) in [6.45, 7) is 1.32. The molecule has 16 heavy (non-hydrogen) atoms. The summed E-state index contributed by atoms with van der Waals surface area (Å²) in [5, 5.41) is 27.3. The number of halogens is 1. The molecule has 0 spiro atoms. The van der Waals surface area contributed by atoms with E-state index < -0.39 is 6.10 Å². The molecule has 0 aliphatic carbocycles. The Morgan fingerprint density at radius 1 is 1.38 bits per heavy atom. The first-order valence-electron chi connectivity index (χ1n) is 5.31. The molecule has 0 saturated heterocycles. The van der Waals surface area contributed by atoms with Crippen LogP contribution in [0.25, 0.3) is 0 Å². The number of aliphatic hydroxyl groups is 2. The van der Waals surface area contributed by atoms with Crippen molar-refractivity contribution in [3.05, 3.63) is 29.1 Å². The Balaban J connectivity index is 2.57. The Morgan fingerprint density at radius 3 is 2.69 bits per heavy atom. The second-order valence-corrected chi connectivity index (χ2v) is 3.96. The smallest absolute Gasteiger partial charge is 0.126 e. The van der Waals surface area contributed by atoms with Crippen molar-refractivity contribution < 1.29 is 19.7 Å². The minimum Gasteiger partial charge on any atom is -0.508 e. The third-order valence-corrected chi connectivity index (χ3v) is 2.55. The highest BCUT2D eigenvalue weighted by Crippen LogP contribution is 2.23. The standard InChI is InChI=1S/C12H17FO3/c1-8-5-12(16)9(6-11(8)13)3-2-4-10(15)7-14/h5-6,10,14-16H,2-4,7H2,1H3/t10-/m1/s1. The maximum Gasteiger partial charge on any atom is 0.126 e.